The third-order valence-electron chi connectivity index (χ3n) is 2.56. The molecule has 0 saturated carbocycles. The van der Waals surface area contributed by atoms with Gasteiger partial charge < -0.3 is 0 Å². The Balaban J connectivity index is 0.000001000. The van der Waals surface area contributed by atoms with Gasteiger partial charge in [-0.25, -0.2) is 5.57 Å². The van der Waals surface area contributed by atoms with Crippen LogP contribution in [-0.4, -0.2) is 0 Å². The van der Waals surface area contributed by atoms with E-state index in [1.807, 2.05) is 0 Å². The molecule has 0 N–H and O–H groups in total. The van der Waals surface area contributed by atoms with Gasteiger partial charge in [0, 0.05) is 26.2 Å². The Kier molecular flexibility index (Phi) is 3.51. The summed E-state index contributed by atoms with van der Waals surface area (Å²) in [5.74, 6) is 0. The van der Waals surface area contributed by atoms with E-state index in [9.17, 15) is 0 Å². The SMILES string of the molecule is CC1=[C-]C(C)(C)C(C)=C1C.[Zr]. The molecule has 0 atom stereocenters. The molecule has 0 nitrogen and oxygen atoms in total. The summed E-state index contributed by atoms with van der Waals surface area (Å²) in [7, 11) is 0. The van der Waals surface area contributed by atoms with Crippen LogP contribution in [0.1, 0.15) is 34.6 Å². The number of hydrogen-bond donors (Lipinski definition) is 0. The van der Waals surface area contributed by atoms with Gasteiger partial charge in [0.05, 0.1) is 0 Å². The van der Waals surface area contributed by atoms with Crippen LogP contribution in [0.2, 0.25) is 0 Å². The van der Waals surface area contributed by atoms with E-state index in [2.05, 4.69) is 40.7 Å². The maximum absolute atomic E-state index is 3.44. The van der Waals surface area contributed by atoms with Gasteiger partial charge in [-0.15, -0.1) is 6.92 Å². The molecule has 0 aromatic rings. The third-order valence-corrected chi connectivity index (χ3v) is 2.56. The smallest absolute Gasteiger partial charge is 0 e. The molecule has 0 unspecified atom stereocenters. The summed E-state index contributed by atoms with van der Waals surface area (Å²) in [4.78, 5) is 0. The van der Waals surface area contributed by atoms with Gasteiger partial charge in [-0.2, -0.15) is 11.1 Å². The summed E-state index contributed by atoms with van der Waals surface area (Å²) in [6, 6.07) is 0. The zero-order valence-electron chi connectivity index (χ0n) is 8.00. The summed E-state index contributed by atoms with van der Waals surface area (Å²) < 4.78 is 0. The molecule has 1 heteroatoms. The standard InChI is InChI=1S/C10H15.Zr/c1-7-6-10(4,5)9(3)8(7)2;/h1-5H3;/q-1;. The quantitative estimate of drug-likeness (QED) is 0.557. The molecular weight excluding hydrogens is 211 g/mol. The molecule has 0 aromatic heterocycles. The second kappa shape index (κ2) is 3.39. The van der Waals surface area contributed by atoms with E-state index in [4.69, 9.17) is 0 Å². The van der Waals surface area contributed by atoms with Crippen LogP contribution in [0.4, 0.5) is 0 Å². The molecule has 0 aliphatic heterocycles. The Morgan fingerprint density at radius 3 is 1.64 bits per heavy atom. The van der Waals surface area contributed by atoms with Crippen LogP contribution < -0.4 is 0 Å². The fourth-order valence-corrected chi connectivity index (χ4v) is 1.41. The minimum absolute atomic E-state index is 0. The first kappa shape index (κ1) is 11.4. The van der Waals surface area contributed by atoms with Crippen molar-refractivity contribution in [2.24, 2.45) is 5.41 Å². The Morgan fingerprint density at radius 2 is 1.55 bits per heavy atom. The van der Waals surface area contributed by atoms with Crippen molar-refractivity contribution >= 4 is 0 Å². The van der Waals surface area contributed by atoms with Gasteiger partial charge in [-0.05, 0) is 0 Å². The second-order valence-corrected chi connectivity index (χ2v) is 3.62. The van der Waals surface area contributed by atoms with Crippen molar-refractivity contribution in [1.29, 1.82) is 0 Å². The van der Waals surface area contributed by atoms with E-state index in [1.54, 1.807) is 0 Å². The minimum Gasteiger partial charge on any atom is -0.263 e. The van der Waals surface area contributed by atoms with Crippen molar-refractivity contribution in [2.45, 2.75) is 34.6 Å². The normalized spacial score (nSPS) is 21.4. The average Bonchev–Trinajstić information content (AvgIpc) is 1.95. The molecule has 0 amide bonds. The van der Waals surface area contributed by atoms with Crippen molar-refractivity contribution < 1.29 is 26.2 Å². The Labute approximate surface area is 88.9 Å². The van der Waals surface area contributed by atoms with E-state index in [0.717, 1.165) is 0 Å². The Hall–Kier alpha value is 0.363. The summed E-state index contributed by atoms with van der Waals surface area (Å²) in [5.41, 5.74) is 4.39. The summed E-state index contributed by atoms with van der Waals surface area (Å²) in [5, 5.41) is 0. The van der Waals surface area contributed by atoms with Crippen molar-refractivity contribution in [1.82, 2.24) is 0 Å². The second-order valence-electron chi connectivity index (χ2n) is 3.62. The van der Waals surface area contributed by atoms with Gasteiger partial charge in [0.25, 0.3) is 0 Å². The molecule has 0 spiro atoms. The molecule has 1 rings (SSSR count). The first-order chi connectivity index (χ1) is 4.45. The predicted molar refractivity (Wildman–Crippen MR) is 44.6 cm³/mol. The summed E-state index contributed by atoms with van der Waals surface area (Å²) >= 11 is 0. The summed E-state index contributed by atoms with van der Waals surface area (Å²) in [6.07, 6.45) is 3.44. The fourth-order valence-electron chi connectivity index (χ4n) is 1.41. The molecule has 1 aliphatic carbocycles. The molecule has 0 radical (unpaired) electrons. The number of rotatable bonds is 0. The molecule has 0 heterocycles. The van der Waals surface area contributed by atoms with Gasteiger partial charge in [0.1, 0.15) is 0 Å². The number of hydrogen-bond acceptors (Lipinski definition) is 0. The maximum atomic E-state index is 3.44. The largest absolute Gasteiger partial charge is 0.263 e. The van der Waals surface area contributed by atoms with Gasteiger partial charge in [0.15, 0.2) is 0 Å². The zero-order valence-corrected chi connectivity index (χ0v) is 10.5. The Morgan fingerprint density at radius 1 is 1.09 bits per heavy atom. The molecule has 60 valence electrons. The molecule has 0 aromatic carbocycles. The Bertz CT molecular complexity index is 219. The van der Waals surface area contributed by atoms with E-state index >= 15 is 0 Å². The van der Waals surface area contributed by atoms with Crippen molar-refractivity contribution in [3.8, 4) is 0 Å². The van der Waals surface area contributed by atoms with Crippen LogP contribution in [0, 0.1) is 11.5 Å². The average molecular weight is 226 g/mol. The van der Waals surface area contributed by atoms with E-state index in [-0.39, 0.29) is 31.6 Å². The molecule has 0 bridgehead atoms. The van der Waals surface area contributed by atoms with Gasteiger partial charge in [-0.3, -0.25) is 6.08 Å². The first-order valence-electron chi connectivity index (χ1n) is 3.75. The first-order valence-corrected chi connectivity index (χ1v) is 3.75. The molecular formula is C10H15Zr-. The van der Waals surface area contributed by atoms with Crippen molar-refractivity contribution in [3.05, 3.63) is 22.8 Å². The van der Waals surface area contributed by atoms with E-state index in [0.29, 0.717) is 0 Å². The molecule has 11 heavy (non-hydrogen) atoms. The van der Waals surface area contributed by atoms with E-state index in [1.165, 1.54) is 16.7 Å². The van der Waals surface area contributed by atoms with Crippen LogP contribution >= 0.6 is 0 Å². The predicted octanol–water partition coefficient (Wildman–Crippen LogP) is 3.11. The number of allylic oxidation sites excluding steroid dienone is 4. The van der Waals surface area contributed by atoms with Crippen LogP contribution in [0.15, 0.2) is 16.7 Å². The van der Waals surface area contributed by atoms with Crippen LogP contribution in [0.3, 0.4) is 0 Å². The van der Waals surface area contributed by atoms with Crippen molar-refractivity contribution in [2.75, 3.05) is 0 Å². The monoisotopic (exact) mass is 225 g/mol. The fraction of sp³-hybridized carbons (Fsp3) is 0.600. The van der Waals surface area contributed by atoms with Crippen LogP contribution in [0.25, 0.3) is 0 Å². The van der Waals surface area contributed by atoms with Gasteiger partial charge in [0.2, 0.25) is 0 Å². The third kappa shape index (κ3) is 1.93. The van der Waals surface area contributed by atoms with Gasteiger partial charge in [-0.1, -0.05) is 33.1 Å². The summed E-state index contributed by atoms with van der Waals surface area (Å²) in [6.45, 7) is 10.9. The minimum atomic E-state index is 0. The molecule has 0 saturated heterocycles. The van der Waals surface area contributed by atoms with E-state index < -0.39 is 0 Å². The topological polar surface area (TPSA) is 0 Å². The van der Waals surface area contributed by atoms with Crippen LogP contribution in [-0.2, 0) is 26.2 Å². The maximum Gasteiger partial charge on any atom is 0 e. The molecule has 1 aliphatic rings. The van der Waals surface area contributed by atoms with Crippen molar-refractivity contribution in [3.63, 3.8) is 0 Å². The van der Waals surface area contributed by atoms with Gasteiger partial charge >= 0.3 is 0 Å². The zero-order chi connectivity index (χ0) is 7.94. The molecule has 0 fully saturated rings. The van der Waals surface area contributed by atoms with Crippen LogP contribution in [0.5, 0.6) is 0 Å².